The molecule has 0 saturated heterocycles. The first-order valence-electron chi connectivity index (χ1n) is 13.7. The normalized spacial score (nSPS) is 11.7. The predicted octanol–water partition coefficient (Wildman–Crippen LogP) is 4.86. The highest BCUT2D eigenvalue weighted by Crippen LogP contribution is 2.34. The Morgan fingerprint density at radius 2 is 1.65 bits per heavy atom. The van der Waals surface area contributed by atoms with Crippen LogP contribution in [0.2, 0.25) is 0 Å². The molecule has 0 atom stereocenters. The molecule has 43 heavy (non-hydrogen) atoms. The number of fused-ring (bicyclic) bond motifs is 1. The zero-order valence-electron chi connectivity index (χ0n) is 24.5. The highest BCUT2D eigenvalue weighted by atomic mass is 16.5. The van der Waals surface area contributed by atoms with Gasteiger partial charge in [0, 0.05) is 30.2 Å². The van der Waals surface area contributed by atoms with Crippen LogP contribution in [-0.2, 0) is 22.4 Å². The summed E-state index contributed by atoms with van der Waals surface area (Å²) >= 11 is 0. The largest absolute Gasteiger partial charge is 0.493 e. The highest BCUT2D eigenvalue weighted by molar-refractivity contribution is 6.27. The molecule has 11 heteroatoms. The SMILES string of the molecule is Cc1nc(-c2ccc(-c3ccc(C(=O)Nc4cc(CCCN(C)C)c5c(c4)CCO5)cc3)c(C)c2)no1.O=C(O)C(=O)O. The molecule has 0 fully saturated rings. The van der Waals surface area contributed by atoms with Crippen molar-refractivity contribution in [3.05, 3.63) is 82.7 Å². The van der Waals surface area contributed by atoms with Crippen LogP contribution in [0.15, 0.2) is 59.1 Å². The number of aliphatic carboxylic acids is 2. The van der Waals surface area contributed by atoms with E-state index in [9.17, 15) is 4.79 Å². The third-order valence-electron chi connectivity index (χ3n) is 6.82. The number of nitrogens with zero attached hydrogens (tertiary/aromatic N) is 3. The molecule has 224 valence electrons. The molecule has 0 spiro atoms. The molecule has 0 radical (unpaired) electrons. The molecule has 0 aliphatic carbocycles. The number of anilines is 1. The summed E-state index contributed by atoms with van der Waals surface area (Å²) in [6.45, 7) is 5.54. The maximum atomic E-state index is 13.1. The van der Waals surface area contributed by atoms with E-state index in [1.165, 1.54) is 5.56 Å². The number of ether oxygens (including phenoxy) is 1. The number of aryl methyl sites for hydroxylation is 3. The van der Waals surface area contributed by atoms with Crippen LogP contribution in [0.5, 0.6) is 5.75 Å². The lowest BCUT2D eigenvalue weighted by molar-refractivity contribution is -0.159. The topological polar surface area (TPSA) is 155 Å². The predicted molar refractivity (Wildman–Crippen MR) is 160 cm³/mol. The van der Waals surface area contributed by atoms with Gasteiger partial charge in [0.25, 0.3) is 5.91 Å². The molecule has 1 aliphatic heterocycles. The molecule has 1 aromatic heterocycles. The Morgan fingerprint density at radius 1 is 0.953 bits per heavy atom. The van der Waals surface area contributed by atoms with Crippen LogP contribution in [0.25, 0.3) is 22.5 Å². The van der Waals surface area contributed by atoms with E-state index in [-0.39, 0.29) is 5.91 Å². The fourth-order valence-corrected chi connectivity index (χ4v) is 4.78. The van der Waals surface area contributed by atoms with Gasteiger partial charge < -0.3 is 29.7 Å². The quantitative estimate of drug-likeness (QED) is 0.244. The lowest BCUT2D eigenvalue weighted by atomic mass is 9.97. The Morgan fingerprint density at radius 3 is 2.26 bits per heavy atom. The van der Waals surface area contributed by atoms with Crippen molar-refractivity contribution in [3.63, 3.8) is 0 Å². The zero-order valence-corrected chi connectivity index (χ0v) is 24.5. The standard InChI is InChI=1S/C30H32N4O3.C2H2O4/c1-19-16-25(29-31-20(2)37-33-29)11-12-27(19)21-7-9-22(10-8-21)30(35)32-26-17-23(6-5-14-34(3)4)28-24(18-26)13-15-36-28;3-1(4)2(5)6/h7-12,16-18H,5-6,13-15H2,1-4H3,(H,32,35);(H,3,4)(H,5,6). The average molecular weight is 587 g/mol. The van der Waals surface area contributed by atoms with Gasteiger partial charge in [0.15, 0.2) is 0 Å². The Kier molecular flexibility index (Phi) is 9.89. The number of carboxylic acids is 2. The number of nitrogens with one attached hydrogen (secondary N) is 1. The summed E-state index contributed by atoms with van der Waals surface area (Å²) in [6.07, 6.45) is 2.83. The summed E-state index contributed by atoms with van der Waals surface area (Å²) in [5.74, 6) is -1.65. The second-order valence-electron chi connectivity index (χ2n) is 10.4. The molecule has 1 aliphatic rings. The smallest absolute Gasteiger partial charge is 0.414 e. The Hall–Kier alpha value is -5.03. The van der Waals surface area contributed by atoms with E-state index in [1.54, 1.807) is 6.92 Å². The van der Waals surface area contributed by atoms with E-state index in [0.29, 0.717) is 23.9 Å². The summed E-state index contributed by atoms with van der Waals surface area (Å²) in [4.78, 5) is 37.8. The van der Waals surface area contributed by atoms with Crippen molar-refractivity contribution in [2.45, 2.75) is 33.1 Å². The van der Waals surface area contributed by atoms with Gasteiger partial charge in [0.2, 0.25) is 11.7 Å². The molecule has 2 heterocycles. The summed E-state index contributed by atoms with van der Waals surface area (Å²) < 4.78 is 11.0. The molecule has 11 nitrogen and oxygen atoms in total. The minimum absolute atomic E-state index is 0.121. The minimum Gasteiger partial charge on any atom is -0.493 e. The Labute approximate surface area is 249 Å². The Balaban J connectivity index is 0.000000641. The second kappa shape index (κ2) is 13.8. The van der Waals surface area contributed by atoms with Gasteiger partial charge in [0.05, 0.1) is 6.61 Å². The fraction of sp³-hybridized carbons (Fsp3) is 0.281. The molecule has 0 saturated carbocycles. The van der Waals surface area contributed by atoms with Crippen LogP contribution in [0.3, 0.4) is 0 Å². The summed E-state index contributed by atoms with van der Waals surface area (Å²) in [6, 6.07) is 17.9. The van der Waals surface area contributed by atoms with Crippen molar-refractivity contribution in [1.29, 1.82) is 0 Å². The van der Waals surface area contributed by atoms with Gasteiger partial charge >= 0.3 is 11.9 Å². The monoisotopic (exact) mass is 586 g/mol. The lowest BCUT2D eigenvalue weighted by Gasteiger charge is -2.14. The van der Waals surface area contributed by atoms with Gasteiger partial charge in [-0.05, 0) is 98.6 Å². The minimum atomic E-state index is -1.82. The molecule has 4 aromatic rings. The van der Waals surface area contributed by atoms with Crippen molar-refractivity contribution in [2.24, 2.45) is 0 Å². The number of benzene rings is 3. The van der Waals surface area contributed by atoms with E-state index in [1.807, 2.05) is 42.5 Å². The molecule has 3 N–H and O–H groups in total. The van der Waals surface area contributed by atoms with E-state index in [4.69, 9.17) is 29.1 Å². The van der Waals surface area contributed by atoms with Gasteiger partial charge in [-0.15, -0.1) is 0 Å². The number of amides is 1. The zero-order chi connectivity index (χ0) is 31.1. The second-order valence-corrected chi connectivity index (χ2v) is 10.4. The molecule has 1 amide bonds. The number of carbonyl (C=O) groups is 3. The van der Waals surface area contributed by atoms with Crippen LogP contribution in [0.4, 0.5) is 5.69 Å². The van der Waals surface area contributed by atoms with Crippen LogP contribution >= 0.6 is 0 Å². The number of aromatic nitrogens is 2. The van der Waals surface area contributed by atoms with Gasteiger partial charge in [-0.2, -0.15) is 4.98 Å². The first-order valence-corrected chi connectivity index (χ1v) is 13.7. The van der Waals surface area contributed by atoms with Crippen molar-refractivity contribution in [1.82, 2.24) is 15.0 Å². The van der Waals surface area contributed by atoms with Crippen LogP contribution in [-0.4, -0.2) is 70.3 Å². The number of hydrogen-bond acceptors (Lipinski definition) is 8. The van der Waals surface area contributed by atoms with Gasteiger partial charge in [-0.1, -0.05) is 29.4 Å². The maximum Gasteiger partial charge on any atom is 0.414 e. The number of rotatable bonds is 8. The summed E-state index contributed by atoms with van der Waals surface area (Å²) in [5.41, 5.74) is 7.92. The average Bonchev–Trinajstić information content (AvgIpc) is 3.62. The van der Waals surface area contributed by atoms with Crippen molar-refractivity contribution in [3.8, 4) is 28.3 Å². The molecular weight excluding hydrogens is 552 g/mol. The van der Waals surface area contributed by atoms with Crippen molar-refractivity contribution >= 4 is 23.5 Å². The number of carbonyl (C=O) groups excluding carboxylic acids is 1. The molecule has 0 bridgehead atoms. The molecular formula is C32H34N4O7. The lowest BCUT2D eigenvalue weighted by Crippen LogP contribution is -2.14. The van der Waals surface area contributed by atoms with E-state index >= 15 is 0 Å². The van der Waals surface area contributed by atoms with E-state index in [2.05, 4.69) is 53.5 Å². The van der Waals surface area contributed by atoms with Gasteiger partial charge in [-0.25, -0.2) is 9.59 Å². The van der Waals surface area contributed by atoms with Gasteiger partial charge in [-0.3, -0.25) is 4.79 Å². The fourth-order valence-electron chi connectivity index (χ4n) is 4.78. The maximum absolute atomic E-state index is 13.1. The summed E-state index contributed by atoms with van der Waals surface area (Å²) in [7, 11) is 4.16. The Bertz CT molecular complexity index is 1620. The highest BCUT2D eigenvalue weighted by Gasteiger charge is 2.19. The van der Waals surface area contributed by atoms with Crippen LogP contribution in [0.1, 0.15) is 39.4 Å². The van der Waals surface area contributed by atoms with Crippen LogP contribution in [0, 0.1) is 13.8 Å². The number of hydrogen-bond donors (Lipinski definition) is 3. The van der Waals surface area contributed by atoms with Crippen LogP contribution < -0.4 is 10.1 Å². The third kappa shape index (κ3) is 8.04. The van der Waals surface area contributed by atoms with Gasteiger partial charge in [0.1, 0.15) is 5.75 Å². The van der Waals surface area contributed by atoms with E-state index in [0.717, 1.165) is 65.1 Å². The first-order chi connectivity index (χ1) is 20.5. The molecule has 5 rings (SSSR count). The first kappa shape index (κ1) is 30.9. The number of carboxylic acid groups (broad SMARTS) is 2. The third-order valence-corrected chi connectivity index (χ3v) is 6.82. The summed E-state index contributed by atoms with van der Waals surface area (Å²) in [5, 5.41) is 21.9. The molecule has 3 aromatic carbocycles. The van der Waals surface area contributed by atoms with Crippen molar-refractivity contribution < 1.29 is 33.9 Å². The van der Waals surface area contributed by atoms with E-state index < -0.39 is 11.9 Å². The van der Waals surface area contributed by atoms with Crippen molar-refractivity contribution in [2.75, 3.05) is 32.6 Å². The molecule has 0 unspecified atom stereocenters.